The Balaban J connectivity index is 1.64. The molecule has 30 heavy (non-hydrogen) atoms. The molecule has 156 valence electrons. The standard InChI is InChI=1S/C21H21N3O6/c1-4-24-11-17(19(23-24)21(27)28-3)22-20(26)18-10-9-16(30-18)12-29-15-7-5-14(6-8-15)13(2)25/h5-11H,4,12H2,1-3H3,(H,22,26). The summed E-state index contributed by atoms with van der Waals surface area (Å²) in [4.78, 5) is 35.7. The highest BCUT2D eigenvalue weighted by molar-refractivity contribution is 6.05. The summed E-state index contributed by atoms with van der Waals surface area (Å²) in [5.74, 6) is -0.149. The number of methoxy groups -OCH3 is 1. The summed E-state index contributed by atoms with van der Waals surface area (Å²) >= 11 is 0. The second-order valence-corrected chi connectivity index (χ2v) is 6.33. The molecule has 3 aromatic rings. The Bertz CT molecular complexity index is 1060. The molecule has 1 N–H and O–H groups in total. The highest BCUT2D eigenvalue weighted by Gasteiger charge is 2.21. The maximum Gasteiger partial charge on any atom is 0.360 e. The van der Waals surface area contributed by atoms with Gasteiger partial charge >= 0.3 is 5.97 Å². The third kappa shape index (κ3) is 4.75. The summed E-state index contributed by atoms with van der Waals surface area (Å²) < 4.78 is 17.3. The number of carbonyl (C=O) groups is 3. The fourth-order valence-corrected chi connectivity index (χ4v) is 2.62. The Morgan fingerprint density at radius 3 is 2.50 bits per heavy atom. The summed E-state index contributed by atoms with van der Waals surface area (Å²) in [5.41, 5.74) is 0.835. The first kappa shape index (κ1) is 20.8. The number of hydrogen-bond donors (Lipinski definition) is 1. The lowest BCUT2D eigenvalue weighted by Crippen LogP contribution is -2.14. The minimum absolute atomic E-state index is 0.0109. The molecule has 0 fully saturated rings. The Morgan fingerprint density at radius 2 is 1.87 bits per heavy atom. The number of nitrogens with zero attached hydrogens (tertiary/aromatic N) is 2. The fourth-order valence-electron chi connectivity index (χ4n) is 2.62. The van der Waals surface area contributed by atoms with Crippen molar-refractivity contribution in [2.45, 2.75) is 27.0 Å². The van der Waals surface area contributed by atoms with Crippen LogP contribution in [-0.2, 0) is 17.9 Å². The van der Waals surface area contributed by atoms with Crippen molar-refractivity contribution in [1.82, 2.24) is 9.78 Å². The Hall–Kier alpha value is -3.88. The van der Waals surface area contributed by atoms with Gasteiger partial charge in [0, 0.05) is 18.3 Å². The molecule has 2 aromatic heterocycles. The smallest absolute Gasteiger partial charge is 0.360 e. The van der Waals surface area contributed by atoms with E-state index in [4.69, 9.17) is 13.9 Å². The largest absolute Gasteiger partial charge is 0.486 e. The van der Waals surface area contributed by atoms with Crippen LogP contribution in [0, 0.1) is 0 Å². The van der Waals surface area contributed by atoms with E-state index in [0.717, 1.165) is 0 Å². The van der Waals surface area contributed by atoms with E-state index in [-0.39, 0.29) is 29.5 Å². The summed E-state index contributed by atoms with van der Waals surface area (Å²) in [6.45, 7) is 3.97. The number of amides is 1. The van der Waals surface area contributed by atoms with Gasteiger partial charge in [0.25, 0.3) is 5.91 Å². The van der Waals surface area contributed by atoms with Crippen molar-refractivity contribution < 1.29 is 28.3 Å². The summed E-state index contributed by atoms with van der Waals surface area (Å²) in [7, 11) is 1.24. The molecule has 0 saturated heterocycles. The Kier molecular flexibility index (Phi) is 6.31. The molecule has 3 rings (SSSR count). The van der Waals surface area contributed by atoms with Crippen molar-refractivity contribution in [3.63, 3.8) is 0 Å². The van der Waals surface area contributed by atoms with Gasteiger partial charge in [-0.25, -0.2) is 4.79 Å². The van der Waals surface area contributed by atoms with Gasteiger partial charge in [-0.15, -0.1) is 0 Å². The van der Waals surface area contributed by atoms with Crippen molar-refractivity contribution in [1.29, 1.82) is 0 Å². The molecule has 0 aliphatic heterocycles. The van der Waals surface area contributed by atoms with Gasteiger partial charge in [-0.3, -0.25) is 14.3 Å². The van der Waals surface area contributed by atoms with E-state index in [1.807, 2.05) is 6.92 Å². The van der Waals surface area contributed by atoms with Gasteiger partial charge in [-0.2, -0.15) is 5.10 Å². The predicted molar refractivity (Wildman–Crippen MR) is 107 cm³/mol. The van der Waals surface area contributed by atoms with Gasteiger partial charge in [0.15, 0.2) is 17.2 Å². The number of carbonyl (C=O) groups excluding carboxylic acids is 3. The number of hydrogen-bond acceptors (Lipinski definition) is 7. The number of ether oxygens (including phenoxy) is 2. The van der Waals surface area contributed by atoms with Crippen LogP contribution in [0.25, 0.3) is 0 Å². The summed E-state index contributed by atoms with van der Waals surface area (Å²) in [6, 6.07) is 9.85. The lowest BCUT2D eigenvalue weighted by Gasteiger charge is -2.05. The van der Waals surface area contributed by atoms with Crippen LogP contribution in [0.5, 0.6) is 5.75 Å². The van der Waals surface area contributed by atoms with Crippen LogP contribution in [0.1, 0.15) is 51.0 Å². The molecule has 1 amide bonds. The van der Waals surface area contributed by atoms with E-state index in [1.165, 1.54) is 24.8 Å². The summed E-state index contributed by atoms with van der Waals surface area (Å²) in [6.07, 6.45) is 1.54. The number of furan rings is 1. The van der Waals surface area contributed by atoms with E-state index >= 15 is 0 Å². The molecule has 9 heteroatoms. The highest BCUT2D eigenvalue weighted by atomic mass is 16.5. The maximum atomic E-state index is 12.5. The third-order valence-electron chi connectivity index (χ3n) is 4.24. The monoisotopic (exact) mass is 411 g/mol. The molecule has 0 unspecified atom stereocenters. The normalized spacial score (nSPS) is 10.5. The maximum absolute atomic E-state index is 12.5. The zero-order valence-corrected chi connectivity index (χ0v) is 16.8. The average Bonchev–Trinajstić information content (AvgIpc) is 3.39. The van der Waals surface area contributed by atoms with E-state index in [2.05, 4.69) is 10.4 Å². The second kappa shape index (κ2) is 9.08. The van der Waals surface area contributed by atoms with Crippen molar-refractivity contribution >= 4 is 23.3 Å². The molecule has 2 heterocycles. The van der Waals surface area contributed by atoms with Gasteiger partial charge in [-0.05, 0) is 50.2 Å². The lowest BCUT2D eigenvalue weighted by atomic mass is 10.1. The molecule has 9 nitrogen and oxygen atoms in total. The first-order valence-corrected chi connectivity index (χ1v) is 9.21. The highest BCUT2D eigenvalue weighted by Crippen LogP contribution is 2.19. The topological polar surface area (TPSA) is 113 Å². The van der Waals surface area contributed by atoms with Crippen LogP contribution < -0.4 is 10.1 Å². The first-order valence-electron chi connectivity index (χ1n) is 9.21. The van der Waals surface area contributed by atoms with E-state index in [0.29, 0.717) is 23.6 Å². The van der Waals surface area contributed by atoms with Gasteiger partial charge in [-0.1, -0.05) is 0 Å². The third-order valence-corrected chi connectivity index (χ3v) is 4.24. The number of Topliss-reactive ketones (excluding diaryl/α,β-unsaturated/α-hetero) is 1. The van der Waals surface area contributed by atoms with Crippen LogP contribution in [-0.4, -0.2) is 34.6 Å². The van der Waals surface area contributed by atoms with Crippen molar-refractivity contribution in [2.75, 3.05) is 12.4 Å². The second-order valence-electron chi connectivity index (χ2n) is 6.33. The zero-order valence-electron chi connectivity index (χ0n) is 16.8. The molecule has 0 bridgehead atoms. The molecule has 0 spiro atoms. The molecule has 0 radical (unpaired) electrons. The van der Waals surface area contributed by atoms with Crippen molar-refractivity contribution in [2.24, 2.45) is 0 Å². The number of benzene rings is 1. The quantitative estimate of drug-likeness (QED) is 0.447. The minimum Gasteiger partial charge on any atom is -0.486 e. The number of ketones is 1. The van der Waals surface area contributed by atoms with Gasteiger partial charge < -0.3 is 19.2 Å². The van der Waals surface area contributed by atoms with Crippen LogP contribution in [0.3, 0.4) is 0 Å². The lowest BCUT2D eigenvalue weighted by molar-refractivity contribution is 0.0594. The molecular weight excluding hydrogens is 390 g/mol. The van der Waals surface area contributed by atoms with Crippen LogP contribution >= 0.6 is 0 Å². The van der Waals surface area contributed by atoms with Crippen molar-refractivity contribution in [3.05, 3.63) is 65.4 Å². The number of rotatable bonds is 8. The van der Waals surface area contributed by atoms with E-state index in [1.54, 1.807) is 36.5 Å². The predicted octanol–water partition coefficient (Wildman–Crippen LogP) is 3.32. The van der Waals surface area contributed by atoms with Crippen LogP contribution in [0.15, 0.2) is 47.0 Å². The number of esters is 1. The number of aryl methyl sites for hydroxylation is 1. The number of aromatic nitrogens is 2. The van der Waals surface area contributed by atoms with Gasteiger partial charge in [0.2, 0.25) is 0 Å². The van der Waals surface area contributed by atoms with Gasteiger partial charge in [0.1, 0.15) is 18.1 Å². The molecule has 0 atom stereocenters. The van der Waals surface area contributed by atoms with Crippen LogP contribution in [0.4, 0.5) is 5.69 Å². The minimum atomic E-state index is -0.651. The number of anilines is 1. The Labute approximate surface area is 172 Å². The number of nitrogens with one attached hydrogen (secondary N) is 1. The SMILES string of the molecule is CCn1cc(NC(=O)c2ccc(COc3ccc(C(C)=O)cc3)o2)c(C(=O)OC)n1. The fraction of sp³-hybridized carbons (Fsp3) is 0.238. The molecule has 1 aromatic carbocycles. The first-order chi connectivity index (χ1) is 14.4. The van der Waals surface area contributed by atoms with E-state index in [9.17, 15) is 14.4 Å². The van der Waals surface area contributed by atoms with Crippen LogP contribution in [0.2, 0.25) is 0 Å². The van der Waals surface area contributed by atoms with Gasteiger partial charge in [0.05, 0.1) is 12.8 Å². The molecule has 0 aliphatic carbocycles. The zero-order chi connectivity index (χ0) is 21.7. The van der Waals surface area contributed by atoms with E-state index < -0.39 is 11.9 Å². The average molecular weight is 411 g/mol. The summed E-state index contributed by atoms with van der Waals surface area (Å²) in [5, 5.41) is 6.70. The molecule has 0 saturated carbocycles. The Morgan fingerprint density at radius 1 is 1.13 bits per heavy atom. The van der Waals surface area contributed by atoms with Crippen molar-refractivity contribution in [3.8, 4) is 5.75 Å². The molecule has 0 aliphatic rings. The molecular formula is C21H21N3O6.